The van der Waals surface area contributed by atoms with Crippen molar-refractivity contribution in [2.24, 2.45) is 11.7 Å². The van der Waals surface area contributed by atoms with E-state index in [-0.39, 0.29) is 11.9 Å². The Balaban J connectivity index is 2.31. The summed E-state index contributed by atoms with van der Waals surface area (Å²) in [6.07, 6.45) is 8.13. The first kappa shape index (κ1) is 13.5. The largest absolute Gasteiger partial charge is 0.352 e. The van der Waals surface area contributed by atoms with Gasteiger partial charge < -0.3 is 11.1 Å². The molecule has 0 bridgehead atoms. The van der Waals surface area contributed by atoms with E-state index in [0.717, 1.165) is 19.3 Å². The van der Waals surface area contributed by atoms with Gasteiger partial charge in [0.2, 0.25) is 5.91 Å². The lowest BCUT2D eigenvalue weighted by Gasteiger charge is -2.20. The molecule has 0 spiro atoms. The van der Waals surface area contributed by atoms with Gasteiger partial charge in [0, 0.05) is 6.04 Å². The standard InChI is InChI=1S/C13H26N2O/c1-10(2)9-12(14)13(16)15-11-7-5-3-4-6-8-11/h10-12H,3-9,14H2,1-2H3,(H,15,16)/t12-/m1/s1. The molecule has 3 heteroatoms. The van der Waals surface area contributed by atoms with E-state index in [1.165, 1.54) is 25.7 Å². The molecule has 3 N–H and O–H groups in total. The van der Waals surface area contributed by atoms with Crippen LogP contribution in [0.2, 0.25) is 0 Å². The fourth-order valence-corrected chi connectivity index (χ4v) is 2.35. The Morgan fingerprint density at radius 2 is 1.81 bits per heavy atom. The summed E-state index contributed by atoms with van der Waals surface area (Å²) in [5, 5.41) is 3.10. The molecule has 94 valence electrons. The van der Waals surface area contributed by atoms with Gasteiger partial charge in [0.15, 0.2) is 0 Å². The van der Waals surface area contributed by atoms with Crippen LogP contribution in [0.4, 0.5) is 0 Å². The lowest BCUT2D eigenvalue weighted by molar-refractivity contribution is -0.123. The van der Waals surface area contributed by atoms with Crippen molar-refractivity contribution in [1.29, 1.82) is 0 Å². The van der Waals surface area contributed by atoms with Crippen LogP contribution in [0.15, 0.2) is 0 Å². The zero-order valence-electron chi connectivity index (χ0n) is 10.7. The molecule has 0 heterocycles. The van der Waals surface area contributed by atoms with Crippen LogP contribution in [-0.2, 0) is 4.79 Å². The molecule has 0 radical (unpaired) electrons. The topological polar surface area (TPSA) is 55.1 Å². The zero-order chi connectivity index (χ0) is 12.0. The Kier molecular flexibility index (Phi) is 5.81. The number of carbonyl (C=O) groups excluding carboxylic acids is 1. The Bertz CT molecular complexity index is 208. The van der Waals surface area contributed by atoms with Crippen molar-refractivity contribution >= 4 is 5.91 Å². The van der Waals surface area contributed by atoms with E-state index in [9.17, 15) is 4.79 Å². The van der Waals surface area contributed by atoms with E-state index in [4.69, 9.17) is 5.73 Å². The molecule has 1 amide bonds. The van der Waals surface area contributed by atoms with Crippen LogP contribution >= 0.6 is 0 Å². The second kappa shape index (κ2) is 6.89. The van der Waals surface area contributed by atoms with Crippen LogP contribution in [0.25, 0.3) is 0 Å². The van der Waals surface area contributed by atoms with Crippen molar-refractivity contribution in [3.05, 3.63) is 0 Å². The number of carbonyl (C=O) groups is 1. The summed E-state index contributed by atoms with van der Waals surface area (Å²) in [6.45, 7) is 4.19. The van der Waals surface area contributed by atoms with Crippen LogP contribution in [0.1, 0.15) is 58.8 Å². The number of amides is 1. The first-order valence-electron chi connectivity index (χ1n) is 6.65. The van der Waals surface area contributed by atoms with Crippen molar-refractivity contribution in [3.8, 4) is 0 Å². The predicted molar refractivity (Wildman–Crippen MR) is 67.1 cm³/mol. The summed E-state index contributed by atoms with van der Waals surface area (Å²) in [5.41, 5.74) is 5.86. The number of hydrogen-bond donors (Lipinski definition) is 2. The first-order chi connectivity index (χ1) is 7.59. The normalized spacial score (nSPS) is 20.5. The number of nitrogens with two attached hydrogens (primary N) is 1. The molecule has 3 nitrogen and oxygen atoms in total. The Morgan fingerprint density at radius 1 is 1.25 bits per heavy atom. The molecule has 16 heavy (non-hydrogen) atoms. The molecule has 0 aromatic rings. The SMILES string of the molecule is CC(C)C[C@@H](N)C(=O)NC1CCCCCC1. The van der Waals surface area contributed by atoms with Gasteiger partial charge >= 0.3 is 0 Å². The molecule has 1 saturated carbocycles. The van der Waals surface area contributed by atoms with Crippen LogP contribution in [0.3, 0.4) is 0 Å². The zero-order valence-corrected chi connectivity index (χ0v) is 10.7. The van der Waals surface area contributed by atoms with Crippen molar-refractivity contribution in [2.75, 3.05) is 0 Å². The molecule has 0 aliphatic heterocycles. The average molecular weight is 226 g/mol. The lowest BCUT2D eigenvalue weighted by Crippen LogP contribution is -2.45. The molecule has 0 unspecified atom stereocenters. The second-order valence-corrected chi connectivity index (χ2v) is 5.43. The van der Waals surface area contributed by atoms with Crippen LogP contribution < -0.4 is 11.1 Å². The van der Waals surface area contributed by atoms with Gasteiger partial charge in [0.25, 0.3) is 0 Å². The van der Waals surface area contributed by atoms with Crippen LogP contribution in [0, 0.1) is 5.92 Å². The van der Waals surface area contributed by atoms with Gasteiger partial charge in [-0.05, 0) is 25.2 Å². The molecule has 1 fully saturated rings. The molecule has 1 aliphatic carbocycles. The summed E-state index contributed by atoms with van der Waals surface area (Å²) in [7, 11) is 0. The fraction of sp³-hybridized carbons (Fsp3) is 0.923. The number of hydrogen-bond acceptors (Lipinski definition) is 2. The van der Waals surface area contributed by atoms with Crippen molar-refractivity contribution in [3.63, 3.8) is 0 Å². The molecular formula is C13H26N2O. The minimum absolute atomic E-state index is 0.0422. The quantitative estimate of drug-likeness (QED) is 0.722. The summed E-state index contributed by atoms with van der Waals surface area (Å²) in [5.74, 6) is 0.524. The summed E-state index contributed by atoms with van der Waals surface area (Å²) < 4.78 is 0. The third-order valence-corrected chi connectivity index (χ3v) is 3.26. The minimum atomic E-state index is -0.330. The van der Waals surface area contributed by atoms with Crippen molar-refractivity contribution in [1.82, 2.24) is 5.32 Å². The monoisotopic (exact) mass is 226 g/mol. The lowest BCUT2D eigenvalue weighted by atomic mass is 10.0. The molecule has 1 atom stereocenters. The van der Waals surface area contributed by atoms with Gasteiger partial charge in [-0.1, -0.05) is 39.5 Å². The minimum Gasteiger partial charge on any atom is -0.352 e. The van der Waals surface area contributed by atoms with Gasteiger partial charge in [-0.2, -0.15) is 0 Å². The molecule has 0 aromatic carbocycles. The van der Waals surface area contributed by atoms with E-state index in [1.807, 2.05) is 0 Å². The highest BCUT2D eigenvalue weighted by molar-refractivity contribution is 5.81. The Hall–Kier alpha value is -0.570. The summed E-state index contributed by atoms with van der Waals surface area (Å²) in [6, 6.07) is 0.0384. The highest BCUT2D eigenvalue weighted by atomic mass is 16.2. The van der Waals surface area contributed by atoms with Crippen molar-refractivity contribution < 1.29 is 4.79 Å². The van der Waals surface area contributed by atoms with Crippen LogP contribution in [-0.4, -0.2) is 18.0 Å². The fourth-order valence-electron chi connectivity index (χ4n) is 2.35. The first-order valence-corrected chi connectivity index (χ1v) is 6.65. The number of nitrogens with one attached hydrogen (secondary N) is 1. The highest BCUT2D eigenvalue weighted by Gasteiger charge is 2.19. The smallest absolute Gasteiger partial charge is 0.237 e. The van der Waals surface area contributed by atoms with E-state index in [0.29, 0.717) is 12.0 Å². The Labute approximate surface area is 99.2 Å². The van der Waals surface area contributed by atoms with Gasteiger partial charge in [0.1, 0.15) is 0 Å². The van der Waals surface area contributed by atoms with Gasteiger partial charge in [0.05, 0.1) is 6.04 Å². The third-order valence-electron chi connectivity index (χ3n) is 3.26. The molecular weight excluding hydrogens is 200 g/mol. The molecule has 1 rings (SSSR count). The van der Waals surface area contributed by atoms with Gasteiger partial charge in [-0.3, -0.25) is 4.79 Å². The molecule has 0 saturated heterocycles. The molecule has 0 aromatic heterocycles. The van der Waals surface area contributed by atoms with Crippen molar-refractivity contribution in [2.45, 2.75) is 70.9 Å². The maximum absolute atomic E-state index is 11.8. The third kappa shape index (κ3) is 4.97. The van der Waals surface area contributed by atoms with Gasteiger partial charge in [-0.25, -0.2) is 0 Å². The van der Waals surface area contributed by atoms with E-state index < -0.39 is 0 Å². The van der Waals surface area contributed by atoms with E-state index in [1.54, 1.807) is 0 Å². The predicted octanol–water partition coefficient (Wildman–Crippen LogP) is 2.20. The Morgan fingerprint density at radius 3 is 2.31 bits per heavy atom. The maximum atomic E-state index is 11.8. The van der Waals surface area contributed by atoms with E-state index >= 15 is 0 Å². The van der Waals surface area contributed by atoms with Crippen LogP contribution in [0.5, 0.6) is 0 Å². The highest BCUT2D eigenvalue weighted by Crippen LogP contribution is 2.17. The molecule has 1 aliphatic rings. The summed E-state index contributed by atoms with van der Waals surface area (Å²) in [4.78, 5) is 11.8. The summed E-state index contributed by atoms with van der Waals surface area (Å²) >= 11 is 0. The maximum Gasteiger partial charge on any atom is 0.237 e. The number of rotatable bonds is 4. The van der Waals surface area contributed by atoms with E-state index in [2.05, 4.69) is 19.2 Å². The second-order valence-electron chi connectivity index (χ2n) is 5.43. The average Bonchev–Trinajstić information content (AvgIpc) is 2.45. The van der Waals surface area contributed by atoms with Gasteiger partial charge in [-0.15, -0.1) is 0 Å².